The lowest BCUT2D eigenvalue weighted by Crippen LogP contribution is -2.49. The maximum atomic E-state index is 12.2. The Morgan fingerprint density at radius 2 is 1.89 bits per heavy atom. The first-order valence-electron chi connectivity index (χ1n) is 7.46. The number of hydrogen-bond donors (Lipinski definition) is 2. The summed E-state index contributed by atoms with van der Waals surface area (Å²) >= 11 is 0. The first kappa shape index (κ1) is 13.7. The SMILES string of the molecule is O=C(NCC1CCCC1)N1CCCCC1CCO. The summed E-state index contributed by atoms with van der Waals surface area (Å²) in [5.41, 5.74) is 0. The molecule has 1 unspecified atom stereocenters. The number of carbonyl (C=O) groups excluding carboxylic acids is 1. The number of likely N-dealkylation sites (tertiary alicyclic amines) is 1. The van der Waals surface area contributed by atoms with Gasteiger partial charge in [0, 0.05) is 25.7 Å². The highest BCUT2D eigenvalue weighted by Crippen LogP contribution is 2.24. The zero-order chi connectivity index (χ0) is 12.8. The third-order valence-electron chi connectivity index (χ3n) is 4.37. The highest BCUT2D eigenvalue weighted by molar-refractivity contribution is 5.74. The lowest BCUT2D eigenvalue weighted by molar-refractivity contribution is 0.131. The van der Waals surface area contributed by atoms with Crippen molar-refractivity contribution in [1.82, 2.24) is 10.2 Å². The van der Waals surface area contributed by atoms with Crippen molar-refractivity contribution in [2.24, 2.45) is 5.92 Å². The minimum absolute atomic E-state index is 0.0834. The molecule has 1 aliphatic carbocycles. The topological polar surface area (TPSA) is 52.6 Å². The van der Waals surface area contributed by atoms with Gasteiger partial charge in [-0.2, -0.15) is 0 Å². The maximum absolute atomic E-state index is 12.2. The third-order valence-corrected chi connectivity index (χ3v) is 4.37. The molecular weight excluding hydrogens is 228 g/mol. The number of carbonyl (C=O) groups is 1. The number of amides is 2. The third kappa shape index (κ3) is 3.61. The molecule has 104 valence electrons. The van der Waals surface area contributed by atoms with E-state index in [0.29, 0.717) is 5.92 Å². The van der Waals surface area contributed by atoms with Gasteiger partial charge in [0.25, 0.3) is 0 Å². The second kappa shape index (κ2) is 6.98. The summed E-state index contributed by atoms with van der Waals surface area (Å²) in [6.07, 6.45) is 9.19. The van der Waals surface area contributed by atoms with Crippen molar-refractivity contribution in [3.8, 4) is 0 Å². The fourth-order valence-electron chi connectivity index (χ4n) is 3.26. The molecule has 0 spiro atoms. The summed E-state index contributed by atoms with van der Waals surface area (Å²) in [7, 11) is 0. The van der Waals surface area contributed by atoms with Crippen LogP contribution in [-0.4, -0.2) is 41.8 Å². The first-order valence-corrected chi connectivity index (χ1v) is 7.46. The molecule has 18 heavy (non-hydrogen) atoms. The van der Waals surface area contributed by atoms with Crippen molar-refractivity contribution in [3.63, 3.8) is 0 Å². The summed E-state index contributed by atoms with van der Waals surface area (Å²) in [6, 6.07) is 0.326. The standard InChI is InChI=1S/C14H26N2O2/c17-10-8-13-7-3-4-9-16(13)14(18)15-11-12-5-1-2-6-12/h12-13,17H,1-11H2,(H,15,18). The Balaban J connectivity index is 1.77. The van der Waals surface area contributed by atoms with Crippen LogP contribution in [0.5, 0.6) is 0 Å². The van der Waals surface area contributed by atoms with Crippen LogP contribution in [0.1, 0.15) is 51.4 Å². The molecule has 1 atom stereocenters. The second-order valence-corrected chi connectivity index (χ2v) is 5.69. The van der Waals surface area contributed by atoms with Crippen molar-refractivity contribution in [2.75, 3.05) is 19.7 Å². The van der Waals surface area contributed by atoms with Crippen LogP contribution in [0.3, 0.4) is 0 Å². The Morgan fingerprint density at radius 3 is 2.61 bits per heavy atom. The molecule has 0 bridgehead atoms. The van der Waals surface area contributed by atoms with Crippen LogP contribution in [0.25, 0.3) is 0 Å². The van der Waals surface area contributed by atoms with Crippen LogP contribution in [-0.2, 0) is 0 Å². The van der Waals surface area contributed by atoms with Crippen LogP contribution >= 0.6 is 0 Å². The molecule has 1 heterocycles. The van der Waals surface area contributed by atoms with Gasteiger partial charge < -0.3 is 15.3 Å². The average Bonchev–Trinajstić information content (AvgIpc) is 2.90. The molecule has 4 nitrogen and oxygen atoms in total. The number of hydrogen-bond acceptors (Lipinski definition) is 2. The van der Waals surface area contributed by atoms with Gasteiger partial charge in [-0.3, -0.25) is 0 Å². The summed E-state index contributed by atoms with van der Waals surface area (Å²) in [5.74, 6) is 0.690. The van der Waals surface area contributed by atoms with Crippen LogP contribution in [0, 0.1) is 5.92 Å². The normalized spacial score (nSPS) is 25.4. The highest BCUT2D eigenvalue weighted by Gasteiger charge is 2.26. The Labute approximate surface area is 110 Å². The molecule has 0 aromatic heterocycles. The van der Waals surface area contributed by atoms with E-state index in [1.807, 2.05) is 4.90 Å². The van der Waals surface area contributed by atoms with Gasteiger partial charge in [-0.05, 0) is 44.4 Å². The van der Waals surface area contributed by atoms with Gasteiger partial charge in [0.1, 0.15) is 0 Å². The summed E-state index contributed by atoms with van der Waals surface area (Å²) in [6.45, 7) is 1.86. The van der Waals surface area contributed by atoms with E-state index in [-0.39, 0.29) is 18.7 Å². The minimum atomic E-state index is 0.0834. The number of rotatable bonds is 4. The molecule has 0 radical (unpaired) electrons. The van der Waals surface area contributed by atoms with E-state index >= 15 is 0 Å². The number of piperidine rings is 1. The second-order valence-electron chi connectivity index (χ2n) is 5.69. The zero-order valence-electron chi connectivity index (χ0n) is 11.2. The largest absolute Gasteiger partial charge is 0.396 e. The predicted octanol–water partition coefficient (Wildman–Crippen LogP) is 2.12. The molecule has 1 saturated carbocycles. The van der Waals surface area contributed by atoms with Crippen LogP contribution in [0.15, 0.2) is 0 Å². The van der Waals surface area contributed by atoms with Gasteiger partial charge in [-0.1, -0.05) is 12.8 Å². The van der Waals surface area contributed by atoms with Crippen molar-refractivity contribution >= 4 is 6.03 Å². The maximum Gasteiger partial charge on any atom is 0.317 e. The summed E-state index contributed by atoms with van der Waals surface area (Å²) < 4.78 is 0. The number of nitrogens with zero attached hydrogens (tertiary/aromatic N) is 1. The molecule has 4 heteroatoms. The van der Waals surface area contributed by atoms with Crippen LogP contribution < -0.4 is 5.32 Å². The lowest BCUT2D eigenvalue weighted by atomic mass is 10.00. The quantitative estimate of drug-likeness (QED) is 0.807. The van der Waals surface area contributed by atoms with Gasteiger partial charge >= 0.3 is 6.03 Å². The van der Waals surface area contributed by atoms with Gasteiger partial charge in [0.2, 0.25) is 0 Å². The zero-order valence-corrected chi connectivity index (χ0v) is 11.2. The fraction of sp³-hybridized carbons (Fsp3) is 0.929. The molecule has 1 aliphatic heterocycles. The van der Waals surface area contributed by atoms with E-state index in [9.17, 15) is 4.79 Å². The van der Waals surface area contributed by atoms with Crippen molar-refractivity contribution in [1.29, 1.82) is 0 Å². The Hall–Kier alpha value is -0.770. The lowest BCUT2D eigenvalue weighted by Gasteiger charge is -2.35. The average molecular weight is 254 g/mol. The molecular formula is C14H26N2O2. The van der Waals surface area contributed by atoms with Gasteiger partial charge in [-0.15, -0.1) is 0 Å². The number of nitrogens with one attached hydrogen (secondary N) is 1. The molecule has 2 N–H and O–H groups in total. The monoisotopic (exact) mass is 254 g/mol. The van der Waals surface area contributed by atoms with Crippen molar-refractivity contribution in [3.05, 3.63) is 0 Å². The van der Waals surface area contributed by atoms with E-state index in [2.05, 4.69) is 5.32 Å². The summed E-state index contributed by atoms with van der Waals surface area (Å²) in [4.78, 5) is 14.1. The van der Waals surface area contributed by atoms with Crippen LogP contribution in [0.4, 0.5) is 4.79 Å². The van der Waals surface area contributed by atoms with Gasteiger partial charge in [0.05, 0.1) is 0 Å². The fourth-order valence-corrected chi connectivity index (χ4v) is 3.26. The molecule has 2 aliphatic rings. The Bertz CT molecular complexity index is 263. The van der Waals surface area contributed by atoms with Crippen LogP contribution in [0.2, 0.25) is 0 Å². The minimum Gasteiger partial charge on any atom is -0.396 e. The number of aliphatic hydroxyl groups is 1. The smallest absolute Gasteiger partial charge is 0.317 e. The number of aliphatic hydroxyl groups excluding tert-OH is 1. The molecule has 2 fully saturated rings. The Morgan fingerprint density at radius 1 is 1.17 bits per heavy atom. The van der Waals surface area contributed by atoms with E-state index in [1.165, 1.54) is 32.1 Å². The van der Waals surface area contributed by atoms with E-state index in [4.69, 9.17) is 5.11 Å². The Kier molecular flexibility index (Phi) is 5.29. The number of urea groups is 1. The molecule has 0 aromatic rings. The predicted molar refractivity (Wildman–Crippen MR) is 71.4 cm³/mol. The highest BCUT2D eigenvalue weighted by atomic mass is 16.3. The molecule has 2 rings (SSSR count). The molecule has 1 saturated heterocycles. The van der Waals surface area contributed by atoms with E-state index < -0.39 is 0 Å². The van der Waals surface area contributed by atoms with E-state index in [1.54, 1.807) is 0 Å². The van der Waals surface area contributed by atoms with E-state index in [0.717, 1.165) is 32.4 Å². The van der Waals surface area contributed by atoms with Gasteiger partial charge in [-0.25, -0.2) is 4.79 Å². The van der Waals surface area contributed by atoms with Crippen molar-refractivity contribution < 1.29 is 9.90 Å². The van der Waals surface area contributed by atoms with Crippen molar-refractivity contribution in [2.45, 2.75) is 57.4 Å². The molecule has 0 aromatic carbocycles. The van der Waals surface area contributed by atoms with Gasteiger partial charge in [0.15, 0.2) is 0 Å². The molecule has 2 amide bonds. The summed E-state index contributed by atoms with van der Waals surface area (Å²) in [5, 5.41) is 12.2. The first-order chi connectivity index (χ1) is 8.81.